The highest BCUT2D eigenvalue weighted by Crippen LogP contribution is 2.23. The average molecular weight is 100 g/mol. The van der Waals surface area contributed by atoms with Gasteiger partial charge in [-0.2, -0.15) is 0 Å². The smallest absolute Gasteiger partial charge is 0.0565 e. The van der Waals surface area contributed by atoms with Gasteiger partial charge >= 0.3 is 0 Å². The van der Waals surface area contributed by atoms with Gasteiger partial charge in [-0.3, -0.25) is 0 Å². The summed E-state index contributed by atoms with van der Waals surface area (Å²) in [4.78, 5) is 0. The van der Waals surface area contributed by atoms with Crippen LogP contribution in [0.4, 0.5) is 0 Å². The quantitative estimate of drug-likeness (QED) is 0.484. The van der Waals surface area contributed by atoms with Crippen LogP contribution in [0.5, 0.6) is 0 Å². The second-order valence-electron chi connectivity index (χ2n) is 2.48. The standard InChI is InChI=1S/C6H12O/c1-5-3-2-4-6(5)7/h5-7H,2-4H2,1H3/t5-,6-/m0/s1. The van der Waals surface area contributed by atoms with Gasteiger partial charge in [0.1, 0.15) is 0 Å². The van der Waals surface area contributed by atoms with Crippen LogP contribution in [0.2, 0.25) is 0 Å². The van der Waals surface area contributed by atoms with Crippen molar-refractivity contribution in [1.29, 1.82) is 0 Å². The van der Waals surface area contributed by atoms with E-state index in [0.29, 0.717) is 5.92 Å². The van der Waals surface area contributed by atoms with Crippen LogP contribution in [0.15, 0.2) is 0 Å². The summed E-state index contributed by atoms with van der Waals surface area (Å²) < 4.78 is 0. The number of hydrogen-bond donors (Lipinski definition) is 1. The molecule has 1 nitrogen and oxygen atoms in total. The lowest BCUT2D eigenvalue weighted by Gasteiger charge is -2.04. The zero-order chi connectivity index (χ0) is 5.28. The fourth-order valence-corrected chi connectivity index (χ4v) is 1.13. The number of aliphatic hydroxyl groups excluding tert-OH is 1. The summed E-state index contributed by atoms with van der Waals surface area (Å²) in [6.45, 7) is 2.11. The molecule has 1 saturated carbocycles. The predicted molar refractivity (Wildman–Crippen MR) is 29.0 cm³/mol. The van der Waals surface area contributed by atoms with Gasteiger partial charge in [0, 0.05) is 0 Å². The van der Waals surface area contributed by atoms with Gasteiger partial charge in [-0.15, -0.1) is 0 Å². The summed E-state index contributed by atoms with van der Waals surface area (Å²) in [5.74, 6) is 0.569. The third kappa shape index (κ3) is 0.942. The molecule has 1 N–H and O–H groups in total. The maximum absolute atomic E-state index is 9.00. The van der Waals surface area contributed by atoms with Gasteiger partial charge in [-0.25, -0.2) is 0 Å². The minimum atomic E-state index is 0.0139. The van der Waals surface area contributed by atoms with Crippen LogP contribution >= 0.6 is 0 Å². The van der Waals surface area contributed by atoms with Crippen LogP contribution < -0.4 is 0 Å². The van der Waals surface area contributed by atoms with Gasteiger partial charge in [-0.1, -0.05) is 13.3 Å². The average Bonchev–Trinajstić information content (AvgIpc) is 1.91. The molecule has 0 aromatic carbocycles. The van der Waals surface area contributed by atoms with Crippen molar-refractivity contribution in [2.45, 2.75) is 32.3 Å². The van der Waals surface area contributed by atoms with Gasteiger partial charge in [0.25, 0.3) is 0 Å². The lowest BCUT2D eigenvalue weighted by Crippen LogP contribution is -2.07. The summed E-state index contributed by atoms with van der Waals surface area (Å²) in [6, 6.07) is 0. The minimum absolute atomic E-state index is 0.0139. The maximum atomic E-state index is 9.00. The molecule has 1 heteroatoms. The Bertz CT molecular complexity index is 53.2. The van der Waals surface area contributed by atoms with Crippen molar-refractivity contribution < 1.29 is 5.11 Å². The zero-order valence-corrected chi connectivity index (χ0v) is 4.72. The maximum Gasteiger partial charge on any atom is 0.0565 e. The lowest BCUT2D eigenvalue weighted by atomic mass is 10.1. The summed E-state index contributed by atoms with van der Waals surface area (Å²) in [5, 5.41) is 9.00. The summed E-state index contributed by atoms with van der Waals surface area (Å²) in [6.07, 6.45) is 3.49. The number of hydrogen-bond acceptors (Lipinski definition) is 1. The first-order valence-corrected chi connectivity index (χ1v) is 2.99. The SMILES string of the molecule is C[C@H]1CCC[C@@H]1O. The summed E-state index contributed by atoms with van der Waals surface area (Å²) >= 11 is 0. The van der Waals surface area contributed by atoms with Gasteiger partial charge in [-0.05, 0) is 18.8 Å². The lowest BCUT2D eigenvalue weighted by molar-refractivity contribution is 0.141. The van der Waals surface area contributed by atoms with Gasteiger partial charge in [0.15, 0.2) is 0 Å². The Hall–Kier alpha value is -0.0400. The highest BCUT2D eigenvalue weighted by atomic mass is 16.3. The first-order chi connectivity index (χ1) is 3.30. The molecule has 0 heterocycles. The van der Waals surface area contributed by atoms with Gasteiger partial charge in [0.2, 0.25) is 0 Å². The molecule has 1 fully saturated rings. The third-order valence-electron chi connectivity index (χ3n) is 1.82. The van der Waals surface area contributed by atoms with Crippen LogP contribution in [0.1, 0.15) is 26.2 Å². The predicted octanol–water partition coefficient (Wildman–Crippen LogP) is 1.17. The van der Waals surface area contributed by atoms with Crippen molar-refractivity contribution in [2.24, 2.45) is 5.92 Å². The van der Waals surface area contributed by atoms with Crippen LogP contribution in [0, 0.1) is 5.92 Å². The highest BCUT2D eigenvalue weighted by Gasteiger charge is 2.19. The second-order valence-corrected chi connectivity index (χ2v) is 2.48. The Morgan fingerprint density at radius 1 is 1.43 bits per heavy atom. The number of rotatable bonds is 0. The Morgan fingerprint density at radius 3 is 2.29 bits per heavy atom. The largest absolute Gasteiger partial charge is 0.393 e. The Morgan fingerprint density at radius 2 is 2.14 bits per heavy atom. The van der Waals surface area contributed by atoms with E-state index < -0.39 is 0 Å². The minimum Gasteiger partial charge on any atom is -0.393 e. The van der Waals surface area contributed by atoms with E-state index in [1.165, 1.54) is 12.8 Å². The topological polar surface area (TPSA) is 20.2 Å². The molecule has 0 aromatic heterocycles. The van der Waals surface area contributed by atoms with Crippen molar-refractivity contribution in [3.8, 4) is 0 Å². The molecule has 1 rings (SSSR count). The van der Waals surface area contributed by atoms with Crippen molar-refractivity contribution in [3.05, 3.63) is 0 Å². The first-order valence-electron chi connectivity index (χ1n) is 2.99. The molecule has 0 unspecified atom stereocenters. The van der Waals surface area contributed by atoms with E-state index in [2.05, 4.69) is 6.92 Å². The molecule has 42 valence electrons. The monoisotopic (exact) mass is 100 g/mol. The molecule has 0 aromatic rings. The normalized spacial score (nSPS) is 42.0. The van der Waals surface area contributed by atoms with E-state index in [1.54, 1.807) is 0 Å². The second kappa shape index (κ2) is 1.83. The van der Waals surface area contributed by atoms with Crippen molar-refractivity contribution >= 4 is 0 Å². The van der Waals surface area contributed by atoms with E-state index >= 15 is 0 Å². The summed E-state index contributed by atoms with van der Waals surface area (Å²) in [7, 11) is 0. The number of aliphatic hydroxyl groups is 1. The highest BCUT2D eigenvalue weighted by molar-refractivity contribution is 4.71. The molecular formula is C6H12O. The van der Waals surface area contributed by atoms with Gasteiger partial charge in [0.05, 0.1) is 6.10 Å². The summed E-state index contributed by atoms with van der Waals surface area (Å²) in [5.41, 5.74) is 0. The fourth-order valence-electron chi connectivity index (χ4n) is 1.13. The molecular weight excluding hydrogens is 88.1 g/mol. The molecule has 1 aliphatic rings. The van der Waals surface area contributed by atoms with E-state index in [9.17, 15) is 0 Å². The molecule has 7 heavy (non-hydrogen) atoms. The van der Waals surface area contributed by atoms with Gasteiger partial charge < -0.3 is 5.11 Å². The Kier molecular flexibility index (Phi) is 1.33. The Labute approximate surface area is 44.4 Å². The van der Waals surface area contributed by atoms with Crippen LogP contribution in [-0.2, 0) is 0 Å². The van der Waals surface area contributed by atoms with Crippen LogP contribution in [0.25, 0.3) is 0 Å². The van der Waals surface area contributed by atoms with E-state index in [0.717, 1.165) is 6.42 Å². The van der Waals surface area contributed by atoms with E-state index in [-0.39, 0.29) is 6.10 Å². The Balaban J connectivity index is 2.33. The molecule has 0 aliphatic heterocycles. The molecule has 0 radical (unpaired) electrons. The van der Waals surface area contributed by atoms with Crippen molar-refractivity contribution in [3.63, 3.8) is 0 Å². The van der Waals surface area contributed by atoms with E-state index in [4.69, 9.17) is 5.11 Å². The van der Waals surface area contributed by atoms with Crippen molar-refractivity contribution in [1.82, 2.24) is 0 Å². The molecule has 0 saturated heterocycles. The molecule has 0 spiro atoms. The first kappa shape index (κ1) is 5.10. The third-order valence-corrected chi connectivity index (χ3v) is 1.82. The fraction of sp³-hybridized carbons (Fsp3) is 1.00. The van der Waals surface area contributed by atoms with Crippen molar-refractivity contribution in [2.75, 3.05) is 0 Å². The molecule has 0 amide bonds. The molecule has 1 aliphatic carbocycles. The molecule has 2 atom stereocenters. The van der Waals surface area contributed by atoms with Crippen LogP contribution in [0.3, 0.4) is 0 Å². The molecule has 0 bridgehead atoms. The van der Waals surface area contributed by atoms with E-state index in [1.807, 2.05) is 0 Å². The zero-order valence-electron chi connectivity index (χ0n) is 4.72. The van der Waals surface area contributed by atoms with Crippen LogP contribution in [-0.4, -0.2) is 11.2 Å².